The molecule has 0 atom stereocenters. The molecule has 0 spiro atoms. The average molecular weight is 360 g/mol. The third-order valence-electron chi connectivity index (χ3n) is 4.22. The number of hydrogen-bond acceptors (Lipinski definition) is 3. The Hall–Kier alpha value is -2.20. The molecule has 25 heavy (non-hydrogen) atoms. The second kappa shape index (κ2) is 8.77. The minimum Gasteiger partial charge on any atom is -0.491 e. The van der Waals surface area contributed by atoms with E-state index in [9.17, 15) is 4.79 Å². The molecule has 132 valence electrons. The van der Waals surface area contributed by atoms with Crippen molar-refractivity contribution in [3.05, 3.63) is 58.6 Å². The van der Waals surface area contributed by atoms with Crippen molar-refractivity contribution in [3.8, 4) is 11.5 Å². The fourth-order valence-electron chi connectivity index (χ4n) is 2.96. The summed E-state index contributed by atoms with van der Waals surface area (Å²) < 4.78 is 11.3. The molecule has 5 heteroatoms. The summed E-state index contributed by atoms with van der Waals surface area (Å²) in [6.45, 7) is 0.873. The van der Waals surface area contributed by atoms with Gasteiger partial charge in [0.1, 0.15) is 18.1 Å². The quantitative estimate of drug-likeness (QED) is 0.765. The number of carbonyl (C=O) groups is 1. The number of benzene rings is 2. The molecule has 0 fully saturated rings. The number of carbonyl (C=O) groups excluding carboxylic acids is 1. The molecule has 0 saturated heterocycles. The molecular weight excluding hydrogens is 338 g/mol. The van der Waals surface area contributed by atoms with Crippen molar-refractivity contribution in [2.24, 2.45) is 0 Å². The van der Waals surface area contributed by atoms with E-state index >= 15 is 0 Å². The lowest BCUT2D eigenvalue weighted by Gasteiger charge is -2.19. The molecular formula is C20H22ClNO3. The van der Waals surface area contributed by atoms with Crippen LogP contribution >= 0.6 is 11.6 Å². The third-order valence-corrected chi connectivity index (χ3v) is 4.47. The molecule has 0 saturated carbocycles. The molecule has 0 radical (unpaired) electrons. The van der Waals surface area contributed by atoms with Crippen LogP contribution in [0.1, 0.15) is 24.0 Å². The summed E-state index contributed by atoms with van der Waals surface area (Å²) in [5.74, 6) is 1.39. The standard InChI is InChI=1S/C20H22ClNO3/c21-16-8-10-17(11-9-16)25-14-20(23)22-12-13-24-19-7-3-5-15-4-1-2-6-18(15)19/h3,5,7-11H,1-2,4,6,12-14H2,(H,22,23). The lowest BCUT2D eigenvalue weighted by molar-refractivity contribution is -0.123. The Morgan fingerprint density at radius 2 is 1.84 bits per heavy atom. The molecule has 1 N–H and O–H groups in total. The second-order valence-electron chi connectivity index (χ2n) is 6.04. The van der Waals surface area contributed by atoms with E-state index in [1.165, 1.54) is 24.0 Å². The predicted molar refractivity (Wildman–Crippen MR) is 98.5 cm³/mol. The number of halogens is 1. The van der Waals surface area contributed by atoms with Gasteiger partial charge in [0.05, 0.1) is 6.54 Å². The molecule has 4 nitrogen and oxygen atoms in total. The van der Waals surface area contributed by atoms with Crippen LogP contribution in [0.25, 0.3) is 0 Å². The summed E-state index contributed by atoms with van der Waals surface area (Å²) >= 11 is 5.80. The molecule has 1 aliphatic rings. The molecule has 0 bridgehead atoms. The van der Waals surface area contributed by atoms with E-state index < -0.39 is 0 Å². The number of ether oxygens (including phenoxy) is 2. The zero-order valence-electron chi connectivity index (χ0n) is 14.1. The molecule has 1 amide bonds. The van der Waals surface area contributed by atoms with Crippen LogP contribution in [0.2, 0.25) is 5.02 Å². The first-order valence-corrected chi connectivity index (χ1v) is 8.99. The molecule has 2 aromatic carbocycles. The summed E-state index contributed by atoms with van der Waals surface area (Å²) in [7, 11) is 0. The van der Waals surface area contributed by atoms with Crippen LogP contribution in [-0.2, 0) is 17.6 Å². The van der Waals surface area contributed by atoms with Gasteiger partial charge >= 0.3 is 0 Å². The number of rotatable bonds is 7. The molecule has 0 aromatic heterocycles. The highest BCUT2D eigenvalue weighted by atomic mass is 35.5. The van der Waals surface area contributed by atoms with Crippen molar-refractivity contribution in [1.82, 2.24) is 5.32 Å². The van der Waals surface area contributed by atoms with Crippen molar-refractivity contribution in [1.29, 1.82) is 0 Å². The Kier molecular flexibility index (Phi) is 6.18. The lowest BCUT2D eigenvalue weighted by Crippen LogP contribution is -2.32. The number of aryl methyl sites for hydroxylation is 1. The summed E-state index contributed by atoms with van der Waals surface area (Å²) in [5, 5.41) is 3.44. The van der Waals surface area contributed by atoms with Gasteiger partial charge in [-0.05, 0) is 67.1 Å². The van der Waals surface area contributed by atoms with Crippen molar-refractivity contribution < 1.29 is 14.3 Å². The van der Waals surface area contributed by atoms with Gasteiger partial charge in [0.15, 0.2) is 6.61 Å². The Morgan fingerprint density at radius 1 is 1.04 bits per heavy atom. The van der Waals surface area contributed by atoms with Gasteiger partial charge in [0, 0.05) is 5.02 Å². The number of nitrogens with one attached hydrogen (secondary N) is 1. The van der Waals surface area contributed by atoms with Gasteiger partial charge in [-0.25, -0.2) is 0 Å². The third kappa shape index (κ3) is 5.13. The van der Waals surface area contributed by atoms with Crippen LogP contribution in [0.4, 0.5) is 0 Å². The first-order chi connectivity index (χ1) is 12.2. The smallest absolute Gasteiger partial charge is 0.258 e. The maximum atomic E-state index is 11.8. The fraction of sp³-hybridized carbons (Fsp3) is 0.350. The maximum absolute atomic E-state index is 11.8. The highest BCUT2D eigenvalue weighted by Gasteiger charge is 2.13. The molecule has 0 heterocycles. The Labute approximate surface area is 153 Å². The van der Waals surface area contributed by atoms with Gasteiger partial charge in [-0.1, -0.05) is 23.7 Å². The average Bonchev–Trinajstić information content (AvgIpc) is 2.65. The Bertz CT molecular complexity index is 715. The molecule has 1 aliphatic carbocycles. The van der Waals surface area contributed by atoms with Crippen molar-refractivity contribution >= 4 is 17.5 Å². The normalized spacial score (nSPS) is 13.0. The minimum absolute atomic E-state index is 0.0254. The fourth-order valence-corrected chi connectivity index (χ4v) is 3.09. The largest absolute Gasteiger partial charge is 0.491 e. The van der Waals surface area contributed by atoms with Crippen LogP contribution in [0.15, 0.2) is 42.5 Å². The van der Waals surface area contributed by atoms with E-state index in [4.69, 9.17) is 21.1 Å². The summed E-state index contributed by atoms with van der Waals surface area (Å²) in [6.07, 6.45) is 4.67. The lowest BCUT2D eigenvalue weighted by atomic mass is 9.91. The van der Waals surface area contributed by atoms with Gasteiger partial charge < -0.3 is 14.8 Å². The van der Waals surface area contributed by atoms with E-state index in [-0.39, 0.29) is 12.5 Å². The van der Waals surface area contributed by atoms with E-state index in [0.29, 0.717) is 23.9 Å². The molecule has 0 unspecified atom stereocenters. The van der Waals surface area contributed by atoms with Crippen LogP contribution in [-0.4, -0.2) is 25.7 Å². The monoisotopic (exact) mass is 359 g/mol. The molecule has 3 rings (SSSR count). The summed E-state index contributed by atoms with van der Waals surface area (Å²) in [4.78, 5) is 11.8. The number of fused-ring (bicyclic) bond motifs is 1. The van der Waals surface area contributed by atoms with E-state index in [2.05, 4.69) is 11.4 Å². The predicted octanol–water partition coefficient (Wildman–Crippen LogP) is 3.79. The van der Waals surface area contributed by atoms with Crippen LogP contribution in [0.5, 0.6) is 11.5 Å². The van der Waals surface area contributed by atoms with E-state index in [1.807, 2.05) is 12.1 Å². The minimum atomic E-state index is -0.173. The zero-order valence-corrected chi connectivity index (χ0v) is 14.8. The second-order valence-corrected chi connectivity index (χ2v) is 6.48. The Morgan fingerprint density at radius 3 is 2.68 bits per heavy atom. The SMILES string of the molecule is O=C(COc1ccc(Cl)cc1)NCCOc1cccc2c1CCCC2. The van der Waals surface area contributed by atoms with Crippen LogP contribution in [0.3, 0.4) is 0 Å². The summed E-state index contributed by atoms with van der Waals surface area (Å²) in [5.41, 5.74) is 2.72. The number of amides is 1. The molecule has 0 aliphatic heterocycles. The van der Waals surface area contributed by atoms with Crippen LogP contribution in [0, 0.1) is 0 Å². The van der Waals surface area contributed by atoms with Crippen molar-refractivity contribution in [3.63, 3.8) is 0 Å². The Balaban J connectivity index is 1.38. The van der Waals surface area contributed by atoms with Crippen molar-refractivity contribution in [2.45, 2.75) is 25.7 Å². The summed E-state index contributed by atoms with van der Waals surface area (Å²) in [6, 6.07) is 13.1. The van der Waals surface area contributed by atoms with Gasteiger partial charge in [-0.2, -0.15) is 0 Å². The first-order valence-electron chi connectivity index (χ1n) is 8.61. The van der Waals surface area contributed by atoms with E-state index in [1.54, 1.807) is 24.3 Å². The van der Waals surface area contributed by atoms with Gasteiger partial charge in [-0.3, -0.25) is 4.79 Å². The maximum Gasteiger partial charge on any atom is 0.258 e. The first kappa shape index (κ1) is 17.6. The highest BCUT2D eigenvalue weighted by Crippen LogP contribution is 2.29. The highest BCUT2D eigenvalue weighted by molar-refractivity contribution is 6.30. The number of hydrogen-bond donors (Lipinski definition) is 1. The zero-order chi connectivity index (χ0) is 17.5. The van der Waals surface area contributed by atoms with Crippen molar-refractivity contribution in [2.75, 3.05) is 19.8 Å². The van der Waals surface area contributed by atoms with Gasteiger partial charge in [0.2, 0.25) is 0 Å². The van der Waals surface area contributed by atoms with Gasteiger partial charge in [-0.15, -0.1) is 0 Å². The van der Waals surface area contributed by atoms with E-state index in [0.717, 1.165) is 18.6 Å². The van der Waals surface area contributed by atoms with Gasteiger partial charge in [0.25, 0.3) is 5.91 Å². The van der Waals surface area contributed by atoms with Crippen LogP contribution < -0.4 is 14.8 Å². The molecule has 2 aromatic rings. The topological polar surface area (TPSA) is 47.6 Å².